The molecular weight excluding hydrogens is 329 g/mol. The highest BCUT2D eigenvalue weighted by molar-refractivity contribution is 7.09. The second-order valence-corrected chi connectivity index (χ2v) is 7.06. The molecule has 1 aromatic heterocycles. The number of carbonyl (C=O) groups is 1. The van der Waals surface area contributed by atoms with Crippen molar-refractivity contribution in [2.75, 3.05) is 6.61 Å². The zero-order chi connectivity index (χ0) is 16.5. The summed E-state index contributed by atoms with van der Waals surface area (Å²) in [4.78, 5) is 16.0. The number of rotatable bonds is 3. The molecule has 23 heavy (non-hydrogen) atoms. The minimum Gasteiger partial charge on any atom is -0.371 e. The molecule has 0 radical (unpaired) electrons. The van der Waals surface area contributed by atoms with Crippen molar-refractivity contribution in [3.8, 4) is 0 Å². The Labute approximate surface area is 136 Å². The number of carbonyl (C=O) groups excluding carboxylic acids is 1. The molecule has 1 atom stereocenters. The fourth-order valence-corrected chi connectivity index (χ4v) is 4.32. The van der Waals surface area contributed by atoms with Gasteiger partial charge in [0.1, 0.15) is 11.1 Å². The lowest BCUT2D eigenvalue weighted by molar-refractivity contribution is -0.176. The molecule has 1 aliphatic heterocycles. The van der Waals surface area contributed by atoms with Gasteiger partial charge in [0.2, 0.25) is 0 Å². The van der Waals surface area contributed by atoms with Crippen LogP contribution in [0.15, 0.2) is 5.38 Å². The molecule has 2 fully saturated rings. The highest BCUT2D eigenvalue weighted by atomic mass is 32.1. The fraction of sp³-hybridized carbons (Fsp3) is 0.733. The maximum atomic E-state index is 12.7. The summed E-state index contributed by atoms with van der Waals surface area (Å²) >= 11 is 1.40. The summed E-state index contributed by atoms with van der Waals surface area (Å²) in [6.07, 6.45) is 0.421. The number of amides is 1. The van der Waals surface area contributed by atoms with Crippen LogP contribution in [-0.2, 0) is 15.1 Å². The van der Waals surface area contributed by atoms with Gasteiger partial charge in [0, 0.05) is 12.0 Å². The summed E-state index contributed by atoms with van der Waals surface area (Å²) in [5, 5.41) is 4.80. The van der Waals surface area contributed by atoms with Gasteiger partial charge in [-0.1, -0.05) is 19.3 Å². The second-order valence-electron chi connectivity index (χ2n) is 6.17. The topological polar surface area (TPSA) is 51.2 Å². The number of alkyl halides is 3. The molecule has 2 heterocycles. The number of halogens is 3. The molecule has 3 rings (SSSR count). The molecule has 1 saturated heterocycles. The molecular formula is C15H19F3N2O2S. The van der Waals surface area contributed by atoms with Crippen molar-refractivity contribution < 1.29 is 22.7 Å². The van der Waals surface area contributed by atoms with Gasteiger partial charge in [0.25, 0.3) is 0 Å². The van der Waals surface area contributed by atoms with Crippen LogP contribution >= 0.6 is 11.3 Å². The lowest BCUT2D eigenvalue weighted by Crippen LogP contribution is -2.51. The zero-order valence-electron chi connectivity index (χ0n) is 12.6. The molecule has 1 saturated carbocycles. The van der Waals surface area contributed by atoms with Gasteiger partial charge in [-0.25, -0.2) is 4.98 Å². The highest BCUT2D eigenvalue weighted by Crippen LogP contribution is 2.40. The predicted octanol–water partition coefficient (Wildman–Crippen LogP) is 3.83. The summed E-state index contributed by atoms with van der Waals surface area (Å²) in [5.74, 6) is -1.88. The SMILES string of the molecule is O=C(NC1(c2csc([C@@H]3CCCO3)n2)CCCCC1)C(F)(F)F. The third kappa shape index (κ3) is 3.52. The Bertz CT molecular complexity index is 561. The van der Waals surface area contributed by atoms with E-state index in [1.807, 2.05) is 0 Å². The summed E-state index contributed by atoms with van der Waals surface area (Å²) in [7, 11) is 0. The summed E-state index contributed by atoms with van der Waals surface area (Å²) in [6, 6.07) is 0. The van der Waals surface area contributed by atoms with E-state index in [4.69, 9.17) is 4.74 Å². The summed E-state index contributed by atoms with van der Waals surface area (Å²) in [5.41, 5.74) is -0.455. The van der Waals surface area contributed by atoms with Crippen LogP contribution in [0.2, 0.25) is 0 Å². The Balaban J connectivity index is 1.85. The van der Waals surface area contributed by atoms with Crippen molar-refractivity contribution >= 4 is 17.2 Å². The van der Waals surface area contributed by atoms with Crippen LogP contribution in [0.5, 0.6) is 0 Å². The molecule has 0 spiro atoms. The van der Waals surface area contributed by atoms with Crippen LogP contribution in [0, 0.1) is 0 Å². The molecule has 0 unspecified atom stereocenters. The molecule has 1 aliphatic carbocycles. The fourth-order valence-electron chi connectivity index (χ4n) is 3.32. The molecule has 128 valence electrons. The van der Waals surface area contributed by atoms with E-state index >= 15 is 0 Å². The second kappa shape index (κ2) is 6.39. The van der Waals surface area contributed by atoms with Gasteiger partial charge in [-0.05, 0) is 25.7 Å². The van der Waals surface area contributed by atoms with Crippen molar-refractivity contribution in [3.63, 3.8) is 0 Å². The van der Waals surface area contributed by atoms with Crippen LogP contribution in [0.4, 0.5) is 13.2 Å². The van der Waals surface area contributed by atoms with Crippen LogP contribution in [0.1, 0.15) is 61.8 Å². The Hall–Kier alpha value is -1.15. The average molecular weight is 348 g/mol. The van der Waals surface area contributed by atoms with Gasteiger partial charge in [-0.15, -0.1) is 11.3 Å². The maximum Gasteiger partial charge on any atom is 0.471 e. The van der Waals surface area contributed by atoms with Crippen molar-refractivity contribution in [1.29, 1.82) is 0 Å². The van der Waals surface area contributed by atoms with Crippen molar-refractivity contribution in [2.45, 2.75) is 62.8 Å². The normalized spacial score (nSPS) is 24.6. The molecule has 0 aromatic carbocycles. The first-order valence-corrected chi connectivity index (χ1v) is 8.75. The Morgan fingerprint density at radius 2 is 2.04 bits per heavy atom. The number of hydrogen-bond donors (Lipinski definition) is 1. The zero-order valence-corrected chi connectivity index (χ0v) is 13.4. The average Bonchev–Trinajstić information content (AvgIpc) is 3.18. The van der Waals surface area contributed by atoms with Gasteiger partial charge >= 0.3 is 12.1 Å². The Morgan fingerprint density at radius 1 is 1.30 bits per heavy atom. The first kappa shape index (κ1) is 16.7. The van der Waals surface area contributed by atoms with E-state index in [2.05, 4.69) is 10.3 Å². The van der Waals surface area contributed by atoms with Crippen molar-refractivity contribution in [3.05, 3.63) is 16.1 Å². The van der Waals surface area contributed by atoms with E-state index < -0.39 is 17.6 Å². The van der Waals surface area contributed by atoms with Crippen LogP contribution < -0.4 is 5.32 Å². The summed E-state index contributed by atoms with van der Waals surface area (Å²) in [6.45, 7) is 0.690. The number of nitrogens with zero attached hydrogens (tertiary/aromatic N) is 1. The van der Waals surface area contributed by atoms with E-state index in [0.29, 0.717) is 25.1 Å². The predicted molar refractivity (Wildman–Crippen MR) is 79.0 cm³/mol. The molecule has 0 bridgehead atoms. The van der Waals surface area contributed by atoms with Crippen molar-refractivity contribution in [2.24, 2.45) is 0 Å². The third-order valence-electron chi connectivity index (χ3n) is 4.53. The number of aromatic nitrogens is 1. The molecule has 1 N–H and O–H groups in total. The van der Waals surface area contributed by atoms with E-state index in [0.717, 1.165) is 37.1 Å². The molecule has 1 aromatic rings. The molecule has 2 aliphatic rings. The van der Waals surface area contributed by atoms with Crippen LogP contribution in [0.3, 0.4) is 0 Å². The smallest absolute Gasteiger partial charge is 0.371 e. The van der Waals surface area contributed by atoms with E-state index in [9.17, 15) is 18.0 Å². The van der Waals surface area contributed by atoms with Crippen molar-refractivity contribution in [1.82, 2.24) is 10.3 Å². The largest absolute Gasteiger partial charge is 0.471 e. The van der Waals surface area contributed by atoms with E-state index in [-0.39, 0.29) is 6.10 Å². The summed E-state index contributed by atoms with van der Waals surface area (Å²) < 4.78 is 43.7. The van der Waals surface area contributed by atoms with E-state index in [1.54, 1.807) is 5.38 Å². The molecule has 4 nitrogen and oxygen atoms in total. The van der Waals surface area contributed by atoms with Gasteiger partial charge in [-0.3, -0.25) is 4.79 Å². The quantitative estimate of drug-likeness (QED) is 0.903. The van der Waals surface area contributed by atoms with Crippen LogP contribution in [0.25, 0.3) is 0 Å². The van der Waals surface area contributed by atoms with Crippen LogP contribution in [-0.4, -0.2) is 23.7 Å². The monoisotopic (exact) mass is 348 g/mol. The number of thiazole rings is 1. The number of hydrogen-bond acceptors (Lipinski definition) is 4. The molecule has 1 amide bonds. The first-order chi connectivity index (χ1) is 10.9. The third-order valence-corrected chi connectivity index (χ3v) is 5.47. The Kier molecular flexibility index (Phi) is 4.64. The lowest BCUT2D eigenvalue weighted by atomic mass is 9.79. The Morgan fingerprint density at radius 3 is 2.65 bits per heavy atom. The highest BCUT2D eigenvalue weighted by Gasteiger charge is 2.46. The number of ether oxygens (including phenoxy) is 1. The van der Waals surface area contributed by atoms with Gasteiger partial charge in [-0.2, -0.15) is 13.2 Å². The first-order valence-electron chi connectivity index (χ1n) is 7.88. The minimum absolute atomic E-state index is 0.0623. The molecule has 8 heteroatoms. The minimum atomic E-state index is -4.88. The van der Waals surface area contributed by atoms with Gasteiger partial charge in [0.05, 0.1) is 11.2 Å². The van der Waals surface area contributed by atoms with Gasteiger partial charge in [0.15, 0.2) is 0 Å². The van der Waals surface area contributed by atoms with E-state index in [1.165, 1.54) is 11.3 Å². The standard InChI is InChI=1S/C15H19F3N2O2S/c16-15(17,18)13(21)20-14(6-2-1-3-7-14)11-9-23-12(19-11)10-5-4-8-22-10/h9-10H,1-8H2,(H,20,21)/t10-/m0/s1. The number of nitrogens with one attached hydrogen (secondary N) is 1. The van der Waals surface area contributed by atoms with Gasteiger partial charge < -0.3 is 10.1 Å². The maximum absolute atomic E-state index is 12.7. The lowest BCUT2D eigenvalue weighted by Gasteiger charge is -2.37.